The predicted molar refractivity (Wildman–Crippen MR) is 86.8 cm³/mol. The van der Waals surface area contributed by atoms with Crippen LogP contribution in [0, 0.1) is 0 Å². The number of sulfonamides is 1. The third kappa shape index (κ3) is 3.95. The molecule has 3 rings (SSSR count). The lowest BCUT2D eigenvalue weighted by Crippen LogP contribution is -2.26. The van der Waals surface area contributed by atoms with Gasteiger partial charge in [0.2, 0.25) is 10.0 Å². The van der Waals surface area contributed by atoms with Crippen LogP contribution in [0.1, 0.15) is 44.4 Å². The lowest BCUT2D eigenvalue weighted by atomic mass is 10.3. The van der Waals surface area contributed by atoms with Gasteiger partial charge in [-0.25, -0.2) is 13.1 Å². The van der Waals surface area contributed by atoms with Crippen LogP contribution in [0.15, 0.2) is 52.0 Å². The van der Waals surface area contributed by atoms with Gasteiger partial charge in [-0.2, -0.15) is 0 Å². The molecular formula is C17H21NO4S. The highest BCUT2D eigenvalue weighted by molar-refractivity contribution is 7.89. The van der Waals surface area contributed by atoms with Gasteiger partial charge in [-0.15, -0.1) is 0 Å². The first-order valence-electron chi connectivity index (χ1n) is 7.87. The van der Waals surface area contributed by atoms with Crippen LogP contribution >= 0.6 is 0 Å². The summed E-state index contributed by atoms with van der Waals surface area (Å²) < 4.78 is 38.5. The van der Waals surface area contributed by atoms with Crippen LogP contribution in [0.4, 0.5) is 0 Å². The molecule has 23 heavy (non-hydrogen) atoms. The van der Waals surface area contributed by atoms with Crippen LogP contribution in [-0.4, -0.2) is 14.5 Å². The van der Waals surface area contributed by atoms with E-state index in [1.165, 1.54) is 19.1 Å². The van der Waals surface area contributed by atoms with Gasteiger partial charge in [-0.1, -0.05) is 0 Å². The molecule has 0 bridgehead atoms. The van der Waals surface area contributed by atoms with E-state index in [1.807, 2.05) is 0 Å². The van der Waals surface area contributed by atoms with E-state index in [1.54, 1.807) is 43.3 Å². The minimum Gasteiger partial charge on any atom is -0.490 e. The van der Waals surface area contributed by atoms with E-state index in [2.05, 4.69) is 4.72 Å². The molecule has 1 aromatic heterocycles. The third-order valence-corrected chi connectivity index (χ3v) is 5.60. The van der Waals surface area contributed by atoms with Crippen molar-refractivity contribution in [1.82, 2.24) is 4.72 Å². The van der Waals surface area contributed by atoms with Crippen molar-refractivity contribution in [3.8, 4) is 5.75 Å². The maximum Gasteiger partial charge on any atom is 0.241 e. The number of ether oxygens (including phenoxy) is 1. The van der Waals surface area contributed by atoms with E-state index in [4.69, 9.17) is 9.15 Å². The second-order valence-electron chi connectivity index (χ2n) is 5.85. The fourth-order valence-electron chi connectivity index (χ4n) is 2.79. The standard InChI is InChI=1S/C17H21NO4S/c1-13(17-7-4-12-21-17)18-23(19,20)16-10-8-15(9-11-16)22-14-5-2-3-6-14/h4,7-14,18H,2-3,5-6H2,1H3. The lowest BCUT2D eigenvalue weighted by molar-refractivity contribution is 0.210. The van der Waals surface area contributed by atoms with Gasteiger partial charge >= 0.3 is 0 Å². The second kappa shape index (κ2) is 6.76. The topological polar surface area (TPSA) is 68.5 Å². The Kier molecular flexibility index (Phi) is 4.73. The van der Waals surface area contributed by atoms with Gasteiger partial charge in [0.05, 0.1) is 23.3 Å². The second-order valence-corrected chi connectivity index (χ2v) is 7.57. The van der Waals surface area contributed by atoms with Gasteiger partial charge < -0.3 is 9.15 Å². The first kappa shape index (κ1) is 16.1. The summed E-state index contributed by atoms with van der Waals surface area (Å²) in [5.41, 5.74) is 0. The Labute approximate surface area is 136 Å². The Morgan fingerprint density at radius 2 is 1.87 bits per heavy atom. The highest BCUT2D eigenvalue weighted by atomic mass is 32.2. The lowest BCUT2D eigenvalue weighted by Gasteiger charge is -2.14. The van der Waals surface area contributed by atoms with Crippen molar-refractivity contribution in [1.29, 1.82) is 0 Å². The Bertz CT molecular complexity index is 716. The maximum absolute atomic E-state index is 12.4. The van der Waals surface area contributed by atoms with Crippen molar-refractivity contribution in [2.75, 3.05) is 0 Å². The van der Waals surface area contributed by atoms with Crippen LogP contribution in [-0.2, 0) is 10.0 Å². The van der Waals surface area contributed by atoms with Crippen LogP contribution in [0.2, 0.25) is 0 Å². The molecule has 6 heteroatoms. The average molecular weight is 335 g/mol. The van der Waals surface area contributed by atoms with Crippen LogP contribution < -0.4 is 9.46 Å². The molecule has 124 valence electrons. The quantitative estimate of drug-likeness (QED) is 0.875. The van der Waals surface area contributed by atoms with E-state index in [-0.39, 0.29) is 11.0 Å². The zero-order valence-electron chi connectivity index (χ0n) is 13.1. The summed E-state index contributed by atoms with van der Waals surface area (Å²) in [5, 5.41) is 0. The third-order valence-electron chi connectivity index (χ3n) is 4.04. The molecule has 0 radical (unpaired) electrons. The zero-order valence-corrected chi connectivity index (χ0v) is 13.9. The molecule has 0 spiro atoms. The van der Waals surface area contributed by atoms with Gasteiger partial charge in [0.25, 0.3) is 0 Å². The van der Waals surface area contributed by atoms with Crippen molar-refractivity contribution in [3.63, 3.8) is 0 Å². The first-order chi connectivity index (χ1) is 11.0. The number of nitrogens with one attached hydrogen (secondary N) is 1. The summed E-state index contributed by atoms with van der Waals surface area (Å²) >= 11 is 0. The highest BCUT2D eigenvalue weighted by Gasteiger charge is 2.20. The van der Waals surface area contributed by atoms with Crippen LogP contribution in [0.5, 0.6) is 5.75 Å². The highest BCUT2D eigenvalue weighted by Crippen LogP contribution is 2.25. The molecular weight excluding hydrogens is 314 g/mol. The normalized spacial score (nSPS) is 17.3. The smallest absolute Gasteiger partial charge is 0.241 e. The van der Waals surface area contributed by atoms with E-state index >= 15 is 0 Å². The van der Waals surface area contributed by atoms with Crippen molar-refractivity contribution in [3.05, 3.63) is 48.4 Å². The molecule has 2 aromatic rings. The summed E-state index contributed by atoms with van der Waals surface area (Å²) in [7, 11) is -3.60. The van der Waals surface area contributed by atoms with Gasteiger partial charge in [-0.05, 0) is 69.0 Å². The number of hydrogen-bond acceptors (Lipinski definition) is 4. The molecule has 1 saturated carbocycles. The summed E-state index contributed by atoms with van der Waals surface area (Å²) in [4.78, 5) is 0.217. The molecule has 1 atom stereocenters. The molecule has 1 aromatic carbocycles. The Morgan fingerprint density at radius 3 is 2.48 bits per heavy atom. The molecule has 1 fully saturated rings. The molecule has 1 aliphatic rings. The summed E-state index contributed by atoms with van der Waals surface area (Å²) in [6.07, 6.45) is 6.33. The van der Waals surface area contributed by atoms with Gasteiger partial charge in [0, 0.05) is 0 Å². The van der Waals surface area contributed by atoms with Crippen molar-refractivity contribution in [2.24, 2.45) is 0 Å². The minimum absolute atomic E-state index is 0.217. The Morgan fingerprint density at radius 1 is 1.17 bits per heavy atom. The van der Waals surface area contributed by atoms with Crippen molar-refractivity contribution < 1.29 is 17.6 Å². The summed E-state index contributed by atoms with van der Waals surface area (Å²) in [6, 6.07) is 9.61. The fraction of sp³-hybridized carbons (Fsp3) is 0.412. The first-order valence-corrected chi connectivity index (χ1v) is 9.35. The van der Waals surface area contributed by atoms with Crippen LogP contribution in [0.25, 0.3) is 0 Å². The van der Waals surface area contributed by atoms with E-state index in [0.29, 0.717) is 5.76 Å². The van der Waals surface area contributed by atoms with E-state index in [0.717, 1.165) is 18.6 Å². The molecule has 1 heterocycles. The van der Waals surface area contributed by atoms with Gasteiger partial charge in [0.1, 0.15) is 11.5 Å². The van der Waals surface area contributed by atoms with Crippen molar-refractivity contribution >= 4 is 10.0 Å². The summed E-state index contributed by atoms with van der Waals surface area (Å²) in [5.74, 6) is 1.30. The molecule has 0 amide bonds. The summed E-state index contributed by atoms with van der Waals surface area (Å²) in [6.45, 7) is 1.74. The van der Waals surface area contributed by atoms with Gasteiger partial charge in [-0.3, -0.25) is 0 Å². The maximum atomic E-state index is 12.4. The predicted octanol–water partition coefficient (Wildman–Crippen LogP) is 3.64. The van der Waals surface area contributed by atoms with E-state index in [9.17, 15) is 8.42 Å². The minimum atomic E-state index is -3.60. The average Bonchev–Trinajstić information content (AvgIpc) is 3.21. The molecule has 1 unspecified atom stereocenters. The largest absolute Gasteiger partial charge is 0.490 e. The molecule has 1 aliphatic carbocycles. The van der Waals surface area contributed by atoms with Gasteiger partial charge in [0.15, 0.2) is 0 Å². The Hall–Kier alpha value is -1.79. The van der Waals surface area contributed by atoms with E-state index < -0.39 is 16.1 Å². The molecule has 0 aliphatic heterocycles. The molecule has 5 nitrogen and oxygen atoms in total. The molecule has 1 N–H and O–H groups in total. The monoisotopic (exact) mass is 335 g/mol. The Balaban J connectivity index is 1.67. The number of furan rings is 1. The number of hydrogen-bond donors (Lipinski definition) is 1. The SMILES string of the molecule is CC(NS(=O)(=O)c1ccc(OC2CCCC2)cc1)c1ccco1. The molecule has 0 saturated heterocycles. The van der Waals surface area contributed by atoms with Crippen LogP contribution in [0.3, 0.4) is 0 Å². The zero-order chi connectivity index (χ0) is 16.3. The number of benzene rings is 1. The van der Waals surface area contributed by atoms with Crippen molar-refractivity contribution in [2.45, 2.75) is 49.6 Å². The number of rotatable bonds is 6. The fourth-order valence-corrected chi connectivity index (χ4v) is 4.00.